The number of nitrogens with one attached hydrogen (secondary N) is 1. The Morgan fingerprint density at radius 3 is 2.87 bits per heavy atom. The molecule has 0 saturated carbocycles. The highest BCUT2D eigenvalue weighted by Crippen LogP contribution is 2.20. The Kier molecular flexibility index (Phi) is 4.48. The van der Waals surface area contributed by atoms with Gasteiger partial charge in [-0.15, -0.1) is 0 Å². The summed E-state index contributed by atoms with van der Waals surface area (Å²) in [4.78, 5) is 0. The minimum atomic E-state index is 0.454. The molecule has 0 aromatic heterocycles. The molecule has 1 aromatic carbocycles. The van der Waals surface area contributed by atoms with Crippen LogP contribution in [0.5, 0.6) is 0 Å². The molecule has 4 heteroatoms. The minimum absolute atomic E-state index is 0.454. The third-order valence-corrected chi connectivity index (χ3v) is 2.53. The van der Waals surface area contributed by atoms with Gasteiger partial charge in [0.25, 0.3) is 0 Å². The predicted octanol–water partition coefficient (Wildman–Crippen LogP) is 3.77. The normalized spacial score (nSPS) is 10.9. The van der Waals surface area contributed by atoms with Crippen molar-refractivity contribution in [1.82, 2.24) is 0 Å². The second kappa shape index (κ2) is 5.65. The number of hydrogen-bond acceptors (Lipinski definition) is 2. The summed E-state index contributed by atoms with van der Waals surface area (Å²) >= 11 is 11.4. The molecule has 1 rings (SSSR count). The Balaban J connectivity index is 2.73. The number of anilines is 1. The SMILES string of the molecule is C/C(=C/Cl)CNc1ccc(C#N)c(Cl)c1. The van der Waals surface area contributed by atoms with Gasteiger partial charge in [-0.2, -0.15) is 5.26 Å². The van der Waals surface area contributed by atoms with Gasteiger partial charge in [0.15, 0.2) is 0 Å². The molecule has 0 heterocycles. The van der Waals surface area contributed by atoms with Crippen molar-refractivity contribution in [3.63, 3.8) is 0 Å². The molecule has 0 fully saturated rings. The summed E-state index contributed by atoms with van der Waals surface area (Å²) in [6.07, 6.45) is 0. The number of halogens is 2. The van der Waals surface area contributed by atoms with Gasteiger partial charge in [0.1, 0.15) is 6.07 Å². The maximum absolute atomic E-state index is 8.68. The van der Waals surface area contributed by atoms with E-state index in [-0.39, 0.29) is 0 Å². The molecule has 0 unspecified atom stereocenters. The summed E-state index contributed by atoms with van der Waals surface area (Å²) in [6, 6.07) is 7.23. The highest BCUT2D eigenvalue weighted by atomic mass is 35.5. The van der Waals surface area contributed by atoms with Crippen molar-refractivity contribution in [1.29, 1.82) is 5.26 Å². The zero-order chi connectivity index (χ0) is 11.3. The number of rotatable bonds is 3. The molecule has 78 valence electrons. The summed E-state index contributed by atoms with van der Waals surface area (Å²) < 4.78 is 0. The maximum Gasteiger partial charge on any atom is 0.101 e. The Morgan fingerprint density at radius 1 is 1.60 bits per heavy atom. The van der Waals surface area contributed by atoms with Crippen molar-refractivity contribution in [2.45, 2.75) is 6.92 Å². The van der Waals surface area contributed by atoms with Crippen LogP contribution in [-0.4, -0.2) is 6.54 Å². The van der Waals surface area contributed by atoms with Crippen molar-refractivity contribution >= 4 is 28.9 Å². The highest BCUT2D eigenvalue weighted by Gasteiger charge is 2.00. The van der Waals surface area contributed by atoms with Crippen LogP contribution in [0.15, 0.2) is 29.3 Å². The zero-order valence-electron chi connectivity index (χ0n) is 8.22. The van der Waals surface area contributed by atoms with Crippen LogP contribution in [0, 0.1) is 11.3 Å². The average molecular weight is 241 g/mol. The third-order valence-electron chi connectivity index (χ3n) is 1.85. The van der Waals surface area contributed by atoms with Crippen LogP contribution in [0.2, 0.25) is 5.02 Å². The Labute approximate surface area is 99.1 Å². The Morgan fingerprint density at radius 2 is 2.33 bits per heavy atom. The van der Waals surface area contributed by atoms with E-state index in [1.807, 2.05) is 19.1 Å². The zero-order valence-corrected chi connectivity index (χ0v) is 9.73. The fourth-order valence-electron chi connectivity index (χ4n) is 0.996. The van der Waals surface area contributed by atoms with Gasteiger partial charge in [0.2, 0.25) is 0 Å². The molecule has 2 nitrogen and oxygen atoms in total. The number of hydrogen-bond donors (Lipinski definition) is 1. The maximum atomic E-state index is 8.68. The summed E-state index contributed by atoms with van der Waals surface area (Å²) in [6.45, 7) is 2.58. The number of nitriles is 1. The van der Waals surface area contributed by atoms with Gasteiger partial charge in [-0.3, -0.25) is 0 Å². The van der Waals surface area contributed by atoms with Crippen LogP contribution in [0.1, 0.15) is 12.5 Å². The number of nitrogens with zero attached hydrogens (tertiary/aromatic N) is 1. The Bertz CT molecular complexity index is 419. The van der Waals surface area contributed by atoms with Gasteiger partial charge in [-0.05, 0) is 30.7 Å². The van der Waals surface area contributed by atoms with E-state index in [4.69, 9.17) is 28.5 Å². The van der Waals surface area contributed by atoms with Crippen LogP contribution < -0.4 is 5.32 Å². The van der Waals surface area contributed by atoms with Crippen LogP contribution in [0.3, 0.4) is 0 Å². The minimum Gasteiger partial charge on any atom is -0.381 e. The van der Waals surface area contributed by atoms with Crippen LogP contribution in [-0.2, 0) is 0 Å². The largest absolute Gasteiger partial charge is 0.381 e. The molecule has 0 aliphatic heterocycles. The highest BCUT2D eigenvalue weighted by molar-refractivity contribution is 6.32. The topological polar surface area (TPSA) is 35.8 Å². The molecule has 0 amide bonds. The van der Waals surface area contributed by atoms with Gasteiger partial charge in [0.05, 0.1) is 10.6 Å². The molecule has 0 aliphatic carbocycles. The van der Waals surface area contributed by atoms with Gasteiger partial charge < -0.3 is 5.32 Å². The lowest BCUT2D eigenvalue weighted by Crippen LogP contribution is -2.02. The first-order chi connectivity index (χ1) is 7.17. The van der Waals surface area contributed by atoms with E-state index in [2.05, 4.69) is 5.32 Å². The van der Waals surface area contributed by atoms with Gasteiger partial charge in [0, 0.05) is 17.8 Å². The number of benzene rings is 1. The summed E-state index contributed by atoms with van der Waals surface area (Å²) in [5.74, 6) is 0. The van der Waals surface area contributed by atoms with Crippen LogP contribution in [0.4, 0.5) is 5.69 Å². The van der Waals surface area contributed by atoms with Crippen molar-refractivity contribution in [3.05, 3.63) is 39.9 Å². The smallest absolute Gasteiger partial charge is 0.101 e. The van der Waals surface area contributed by atoms with Crippen LogP contribution in [0.25, 0.3) is 0 Å². The molecular formula is C11H10Cl2N2. The molecule has 0 radical (unpaired) electrons. The first-order valence-electron chi connectivity index (χ1n) is 4.36. The van der Waals surface area contributed by atoms with Gasteiger partial charge >= 0.3 is 0 Å². The second-order valence-corrected chi connectivity index (χ2v) is 3.74. The average Bonchev–Trinajstić information content (AvgIpc) is 2.26. The standard InChI is InChI=1S/C11H10Cl2N2/c1-8(5-12)7-15-10-3-2-9(6-14)11(13)4-10/h2-5,15H,7H2,1H3/b8-5-. The molecule has 0 saturated heterocycles. The molecular weight excluding hydrogens is 231 g/mol. The van der Waals surface area contributed by atoms with E-state index >= 15 is 0 Å². The summed E-state index contributed by atoms with van der Waals surface area (Å²) in [5.41, 5.74) is 3.90. The van der Waals surface area contributed by atoms with Crippen molar-refractivity contribution < 1.29 is 0 Å². The molecule has 0 bridgehead atoms. The lowest BCUT2D eigenvalue weighted by molar-refractivity contribution is 1.21. The lowest BCUT2D eigenvalue weighted by Gasteiger charge is -2.06. The van der Waals surface area contributed by atoms with E-state index in [1.165, 1.54) is 5.54 Å². The van der Waals surface area contributed by atoms with E-state index in [0.717, 1.165) is 11.3 Å². The first-order valence-corrected chi connectivity index (χ1v) is 5.18. The molecule has 1 aromatic rings. The summed E-state index contributed by atoms with van der Waals surface area (Å²) in [5, 5.41) is 12.3. The lowest BCUT2D eigenvalue weighted by atomic mass is 10.2. The Hall–Kier alpha value is -1.17. The van der Waals surface area contributed by atoms with E-state index in [0.29, 0.717) is 17.1 Å². The van der Waals surface area contributed by atoms with Crippen LogP contribution >= 0.6 is 23.2 Å². The third kappa shape index (κ3) is 3.47. The quantitative estimate of drug-likeness (QED) is 0.874. The molecule has 15 heavy (non-hydrogen) atoms. The molecule has 0 atom stereocenters. The van der Waals surface area contributed by atoms with Crippen molar-refractivity contribution in [2.75, 3.05) is 11.9 Å². The van der Waals surface area contributed by atoms with Crippen molar-refractivity contribution in [2.24, 2.45) is 0 Å². The fourth-order valence-corrected chi connectivity index (χ4v) is 1.30. The van der Waals surface area contributed by atoms with E-state index < -0.39 is 0 Å². The van der Waals surface area contributed by atoms with Crippen molar-refractivity contribution in [3.8, 4) is 6.07 Å². The molecule has 0 aliphatic rings. The van der Waals surface area contributed by atoms with E-state index in [9.17, 15) is 0 Å². The fraction of sp³-hybridized carbons (Fsp3) is 0.182. The second-order valence-electron chi connectivity index (χ2n) is 3.12. The van der Waals surface area contributed by atoms with Gasteiger partial charge in [-0.25, -0.2) is 0 Å². The van der Waals surface area contributed by atoms with Gasteiger partial charge in [-0.1, -0.05) is 23.2 Å². The summed E-state index contributed by atoms with van der Waals surface area (Å²) in [7, 11) is 0. The predicted molar refractivity (Wildman–Crippen MR) is 64.3 cm³/mol. The van der Waals surface area contributed by atoms with E-state index in [1.54, 1.807) is 12.1 Å². The molecule has 1 N–H and O–H groups in total. The monoisotopic (exact) mass is 240 g/mol. The molecule has 0 spiro atoms. The first kappa shape index (κ1) is 11.9.